The third-order valence-electron chi connectivity index (χ3n) is 4.81. The minimum atomic E-state index is -0.831. The van der Waals surface area contributed by atoms with Gasteiger partial charge in [-0.25, -0.2) is 9.07 Å². The zero-order valence-electron chi connectivity index (χ0n) is 14.9. The van der Waals surface area contributed by atoms with Gasteiger partial charge in [-0.15, -0.1) is 5.10 Å². The molecule has 0 radical (unpaired) electrons. The first-order valence-electron chi connectivity index (χ1n) is 8.75. The molecular weight excluding hydrogens is 375 g/mol. The van der Waals surface area contributed by atoms with Gasteiger partial charge in [-0.1, -0.05) is 16.8 Å². The van der Waals surface area contributed by atoms with Gasteiger partial charge in [0.25, 0.3) is 5.91 Å². The summed E-state index contributed by atoms with van der Waals surface area (Å²) >= 11 is 5.78. The van der Waals surface area contributed by atoms with E-state index < -0.39 is 11.8 Å². The number of hydrogen-bond donors (Lipinski definition) is 1. The van der Waals surface area contributed by atoms with Gasteiger partial charge < -0.3 is 10.0 Å². The Morgan fingerprint density at radius 3 is 2.89 bits per heavy atom. The number of carboxylic acid groups (broad SMARTS) is 1. The number of carbonyl (C=O) groups excluding carboxylic acids is 1. The Labute approximate surface area is 160 Å². The Hall–Kier alpha value is -2.48. The molecule has 1 N–H and O–H groups in total. The average Bonchev–Trinajstić information content (AvgIpc) is 3.01. The van der Waals surface area contributed by atoms with Crippen molar-refractivity contribution < 1.29 is 19.1 Å². The van der Waals surface area contributed by atoms with Crippen molar-refractivity contribution in [2.24, 2.45) is 5.92 Å². The van der Waals surface area contributed by atoms with E-state index in [2.05, 4.69) is 10.3 Å². The molecule has 1 aromatic heterocycles. The Kier molecular flexibility index (Phi) is 5.74. The van der Waals surface area contributed by atoms with Crippen LogP contribution in [-0.2, 0) is 4.79 Å². The molecule has 0 bridgehead atoms. The first kappa shape index (κ1) is 19.3. The second kappa shape index (κ2) is 8.04. The monoisotopic (exact) mass is 394 g/mol. The fraction of sp³-hybridized carbons (Fsp3) is 0.444. The van der Waals surface area contributed by atoms with Crippen LogP contribution in [0.1, 0.15) is 41.9 Å². The SMILES string of the molecule is Cc1c(C(=O)N2CCC[C@H](CCC(=O)O)C2)nnn1-c1ccc(Cl)cc1F. The lowest BCUT2D eigenvalue weighted by molar-refractivity contribution is -0.137. The summed E-state index contributed by atoms with van der Waals surface area (Å²) in [5.74, 6) is -1.50. The number of rotatable bonds is 5. The molecule has 144 valence electrons. The normalized spacial score (nSPS) is 17.1. The smallest absolute Gasteiger partial charge is 0.303 e. The Balaban J connectivity index is 1.77. The molecule has 1 fully saturated rings. The average molecular weight is 395 g/mol. The zero-order valence-corrected chi connectivity index (χ0v) is 15.6. The predicted octanol–water partition coefficient (Wildman–Crippen LogP) is 3.09. The number of nitrogens with zero attached hydrogens (tertiary/aromatic N) is 4. The lowest BCUT2D eigenvalue weighted by Crippen LogP contribution is -2.40. The topological polar surface area (TPSA) is 88.3 Å². The summed E-state index contributed by atoms with van der Waals surface area (Å²) in [6.07, 6.45) is 2.35. The van der Waals surface area contributed by atoms with E-state index >= 15 is 0 Å². The Bertz CT molecular complexity index is 870. The summed E-state index contributed by atoms with van der Waals surface area (Å²) in [5, 5.41) is 17.0. The van der Waals surface area contributed by atoms with Gasteiger partial charge in [-0.2, -0.15) is 0 Å². The van der Waals surface area contributed by atoms with E-state index in [0.717, 1.165) is 12.8 Å². The van der Waals surface area contributed by atoms with Crippen molar-refractivity contribution in [2.45, 2.75) is 32.6 Å². The number of halogens is 2. The first-order valence-corrected chi connectivity index (χ1v) is 9.13. The number of amides is 1. The highest BCUT2D eigenvalue weighted by molar-refractivity contribution is 6.30. The quantitative estimate of drug-likeness (QED) is 0.841. The van der Waals surface area contributed by atoms with E-state index in [9.17, 15) is 14.0 Å². The van der Waals surface area contributed by atoms with Crippen LogP contribution in [0.25, 0.3) is 5.69 Å². The summed E-state index contributed by atoms with van der Waals surface area (Å²) < 4.78 is 15.4. The number of carbonyl (C=O) groups is 2. The molecule has 1 atom stereocenters. The summed E-state index contributed by atoms with van der Waals surface area (Å²) in [6.45, 7) is 2.74. The van der Waals surface area contributed by atoms with Gasteiger partial charge in [-0.3, -0.25) is 9.59 Å². The van der Waals surface area contributed by atoms with Crippen molar-refractivity contribution in [2.75, 3.05) is 13.1 Å². The zero-order chi connectivity index (χ0) is 19.6. The van der Waals surface area contributed by atoms with Crippen molar-refractivity contribution in [3.8, 4) is 5.69 Å². The number of aliphatic carboxylic acids is 1. The Morgan fingerprint density at radius 1 is 1.41 bits per heavy atom. The first-order chi connectivity index (χ1) is 12.9. The third kappa shape index (κ3) is 4.27. The fourth-order valence-corrected chi connectivity index (χ4v) is 3.53. The molecule has 7 nitrogen and oxygen atoms in total. The number of piperidine rings is 1. The number of likely N-dealkylation sites (tertiary alicyclic amines) is 1. The van der Waals surface area contributed by atoms with Crippen LogP contribution in [-0.4, -0.2) is 50.0 Å². The maximum atomic E-state index is 14.2. The molecule has 0 spiro atoms. The van der Waals surface area contributed by atoms with Crippen molar-refractivity contribution in [1.29, 1.82) is 0 Å². The van der Waals surface area contributed by atoms with Crippen molar-refractivity contribution >= 4 is 23.5 Å². The number of aromatic nitrogens is 3. The lowest BCUT2D eigenvalue weighted by Gasteiger charge is -2.32. The van der Waals surface area contributed by atoms with Crippen LogP contribution >= 0.6 is 11.6 Å². The molecule has 9 heteroatoms. The second-order valence-electron chi connectivity index (χ2n) is 6.72. The maximum absolute atomic E-state index is 14.2. The van der Waals surface area contributed by atoms with Gasteiger partial charge in [0.15, 0.2) is 5.69 Å². The minimum absolute atomic E-state index is 0.0950. The van der Waals surface area contributed by atoms with E-state index in [4.69, 9.17) is 16.7 Å². The number of benzene rings is 1. The molecule has 0 unspecified atom stereocenters. The van der Waals surface area contributed by atoms with Crippen LogP contribution in [0.15, 0.2) is 18.2 Å². The van der Waals surface area contributed by atoms with E-state index in [1.54, 1.807) is 17.9 Å². The van der Waals surface area contributed by atoms with Crippen molar-refractivity contribution in [3.63, 3.8) is 0 Å². The van der Waals surface area contributed by atoms with Gasteiger partial charge in [0.2, 0.25) is 0 Å². The number of hydrogen-bond acceptors (Lipinski definition) is 4. The van der Waals surface area contributed by atoms with Crippen LogP contribution < -0.4 is 0 Å². The highest BCUT2D eigenvalue weighted by Gasteiger charge is 2.28. The molecule has 2 heterocycles. The van der Waals surface area contributed by atoms with Gasteiger partial charge in [-0.05, 0) is 50.3 Å². The molecule has 2 aromatic rings. The van der Waals surface area contributed by atoms with Crippen LogP contribution in [0.3, 0.4) is 0 Å². The van der Waals surface area contributed by atoms with Crippen LogP contribution in [0.2, 0.25) is 5.02 Å². The molecule has 1 amide bonds. The summed E-state index contributed by atoms with van der Waals surface area (Å²) in [7, 11) is 0. The molecular formula is C18H20ClFN4O3. The highest BCUT2D eigenvalue weighted by Crippen LogP contribution is 2.24. The largest absolute Gasteiger partial charge is 0.481 e. The van der Waals surface area contributed by atoms with Gasteiger partial charge in [0.05, 0.1) is 5.69 Å². The van der Waals surface area contributed by atoms with Crippen LogP contribution in [0, 0.1) is 18.7 Å². The van der Waals surface area contributed by atoms with E-state index in [1.807, 2.05) is 0 Å². The molecule has 1 aromatic carbocycles. The van der Waals surface area contributed by atoms with Gasteiger partial charge in [0, 0.05) is 24.5 Å². The van der Waals surface area contributed by atoms with Crippen LogP contribution in [0.5, 0.6) is 0 Å². The highest BCUT2D eigenvalue weighted by atomic mass is 35.5. The van der Waals surface area contributed by atoms with E-state index in [0.29, 0.717) is 25.2 Å². The van der Waals surface area contributed by atoms with Gasteiger partial charge >= 0.3 is 5.97 Å². The standard InChI is InChI=1S/C18H20ClFN4O3/c1-11-17(21-22-24(11)15-6-5-13(19)9-14(15)20)18(27)23-8-2-3-12(10-23)4-7-16(25)26/h5-6,9,12H,2-4,7-8,10H2,1H3,(H,25,26)/t12-/m1/s1. The summed E-state index contributed by atoms with van der Waals surface area (Å²) in [4.78, 5) is 25.3. The minimum Gasteiger partial charge on any atom is -0.481 e. The van der Waals surface area contributed by atoms with E-state index in [-0.39, 0.29) is 34.6 Å². The van der Waals surface area contributed by atoms with E-state index in [1.165, 1.54) is 16.8 Å². The molecule has 1 aliphatic rings. The van der Waals surface area contributed by atoms with Crippen molar-refractivity contribution in [1.82, 2.24) is 19.9 Å². The fourth-order valence-electron chi connectivity index (χ4n) is 3.37. The molecule has 3 rings (SSSR count). The molecule has 0 aliphatic carbocycles. The van der Waals surface area contributed by atoms with Gasteiger partial charge in [0.1, 0.15) is 11.5 Å². The molecule has 1 aliphatic heterocycles. The maximum Gasteiger partial charge on any atom is 0.303 e. The molecule has 27 heavy (non-hydrogen) atoms. The molecule has 0 saturated carbocycles. The summed E-state index contributed by atoms with van der Waals surface area (Å²) in [5.41, 5.74) is 0.776. The lowest BCUT2D eigenvalue weighted by atomic mass is 9.93. The Morgan fingerprint density at radius 2 is 2.19 bits per heavy atom. The van der Waals surface area contributed by atoms with Crippen molar-refractivity contribution in [3.05, 3.63) is 40.4 Å². The molecule has 1 saturated heterocycles. The number of carboxylic acids is 1. The van der Waals surface area contributed by atoms with Crippen LogP contribution in [0.4, 0.5) is 4.39 Å². The third-order valence-corrected chi connectivity index (χ3v) is 5.04. The predicted molar refractivity (Wildman–Crippen MR) is 96.6 cm³/mol. The summed E-state index contributed by atoms with van der Waals surface area (Å²) in [6, 6.07) is 4.20. The second-order valence-corrected chi connectivity index (χ2v) is 7.16.